The Bertz CT molecular complexity index is 1070. The van der Waals surface area contributed by atoms with Gasteiger partial charge in [0.2, 0.25) is 0 Å². The number of benzene rings is 2. The number of hydrogen-bond donors (Lipinski definition) is 2. The molecule has 2 fully saturated rings. The summed E-state index contributed by atoms with van der Waals surface area (Å²) < 4.78 is 0. The van der Waals surface area contributed by atoms with Crippen LogP contribution in [-0.2, 0) is 19.5 Å². The predicted octanol–water partition coefficient (Wildman–Crippen LogP) is 4.89. The molecule has 0 amide bonds. The Labute approximate surface area is 210 Å². The van der Waals surface area contributed by atoms with E-state index in [0.29, 0.717) is 0 Å². The van der Waals surface area contributed by atoms with Crippen molar-refractivity contribution in [2.75, 3.05) is 49.1 Å². The molecule has 35 heavy (non-hydrogen) atoms. The second-order valence-corrected chi connectivity index (χ2v) is 12.4. The second kappa shape index (κ2) is 8.24. The van der Waals surface area contributed by atoms with Gasteiger partial charge in [-0.2, -0.15) is 0 Å². The third kappa shape index (κ3) is 3.39. The first-order chi connectivity index (χ1) is 17.3. The lowest BCUT2D eigenvalue weighted by Crippen LogP contribution is -2.38. The Hall–Kier alpha value is -2.04. The molecule has 184 valence electrons. The van der Waals surface area contributed by atoms with Crippen molar-refractivity contribution in [3.63, 3.8) is 0 Å². The number of rotatable bonds is 2. The smallest absolute Gasteiger partial charge is 0.0448 e. The van der Waals surface area contributed by atoms with Crippen LogP contribution >= 0.6 is 0 Å². The van der Waals surface area contributed by atoms with Crippen molar-refractivity contribution in [2.24, 2.45) is 11.8 Å². The minimum absolute atomic E-state index is 0.795. The molecule has 2 saturated carbocycles. The van der Waals surface area contributed by atoms with Gasteiger partial charge < -0.3 is 20.4 Å². The number of nitrogens with zero attached hydrogens (tertiary/aromatic N) is 2. The molecule has 0 unspecified atom stereocenters. The van der Waals surface area contributed by atoms with Gasteiger partial charge in [0.1, 0.15) is 0 Å². The van der Waals surface area contributed by atoms with Gasteiger partial charge in [-0.3, -0.25) is 0 Å². The molecule has 0 radical (unpaired) electrons. The standard InChI is InChI=1S/C31H40N4/c1-3-22-18-34-9-7-32-16-24-12-20(14-28(30(24)34)26(22)5-1)11-21-13-25-17-33-8-10-35-19-23-4-2-6-27(23)29(15-21)31(25)35/h12-15,22-23,26-27,32-33H,1-11,16-19H2/t22-,23-,26-,27-/m0/s1. The van der Waals surface area contributed by atoms with Gasteiger partial charge in [0, 0.05) is 63.7 Å². The second-order valence-electron chi connectivity index (χ2n) is 12.4. The maximum atomic E-state index is 3.73. The van der Waals surface area contributed by atoms with Gasteiger partial charge in [-0.1, -0.05) is 37.1 Å². The lowest BCUT2D eigenvalue weighted by molar-refractivity contribution is 0.454. The van der Waals surface area contributed by atoms with E-state index in [1.54, 1.807) is 44.8 Å². The van der Waals surface area contributed by atoms with Gasteiger partial charge in [-0.25, -0.2) is 0 Å². The zero-order chi connectivity index (χ0) is 22.9. The Morgan fingerprint density at radius 2 is 1.17 bits per heavy atom. The van der Waals surface area contributed by atoms with Crippen molar-refractivity contribution in [3.8, 4) is 0 Å². The zero-order valence-electron chi connectivity index (χ0n) is 21.1. The van der Waals surface area contributed by atoms with E-state index in [0.717, 1.165) is 56.3 Å². The molecule has 6 aliphatic rings. The lowest BCUT2D eigenvalue weighted by atomic mass is 9.79. The zero-order valence-corrected chi connectivity index (χ0v) is 21.1. The highest BCUT2D eigenvalue weighted by Gasteiger charge is 2.40. The molecule has 4 atom stereocenters. The van der Waals surface area contributed by atoms with E-state index in [-0.39, 0.29) is 0 Å². The molecule has 0 bridgehead atoms. The van der Waals surface area contributed by atoms with Gasteiger partial charge >= 0.3 is 0 Å². The van der Waals surface area contributed by atoms with Gasteiger partial charge in [0.05, 0.1) is 0 Å². The summed E-state index contributed by atoms with van der Waals surface area (Å²) in [4.78, 5) is 5.46. The molecule has 4 heteroatoms. The van der Waals surface area contributed by atoms with Crippen LogP contribution in [0.25, 0.3) is 0 Å². The minimum Gasteiger partial charge on any atom is -0.369 e. The average Bonchev–Trinajstić information content (AvgIpc) is 3.43. The van der Waals surface area contributed by atoms with E-state index >= 15 is 0 Å². The van der Waals surface area contributed by atoms with E-state index in [4.69, 9.17) is 0 Å². The maximum absolute atomic E-state index is 3.73. The normalized spacial score (nSPS) is 30.7. The topological polar surface area (TPSA) is 30.5 Å². The molecule has 4 heterocycles. The highest BCUT2D eigenvalue weighted by atomic mass is 15.2. The van der Waals surface area contributed by atoms with Crippen LogP contribution in [0.3, 0.4) is 0 Å². The predicted molar refractivity (Wildman–Crippen MR) is 144 cm³/mol. The summed E-state index contributed by atoms with van der Waals surface area (Å²) in [5, 5.41) is 7.46. The van der Waals surface area contributed by atoms with Crippen molar-refractivity contribution < 1.29 is 0 Å². The van der Waals surface area contributed by atoms with E-state index < -0.39 is 0 Å². The van der Waals surface area contributed by atoms with Crippen LogP contribution in [-0.4, -0.2) is 39.3 Å². The molecule has 2 aromatic carbocycles. The maximum Gasteiger partial charge on any atom is 0.0448 e. The summed E-state index contributed by atoms with van der Waals surface area (Å²) in [5.41, 5.74) is 12.8. The summed E-state index contributed by atoms with van der Waals surface area (Å²) in [6, 6.07) is 10.4. The molecule has 0 aromatic heterocycles. The highest BCUT2D eigenvalue weighted by molar-refractivity contribution is 5.67. The molecule has 4 nitrogen and oxygen atoms in total. The van der Waals surface area contributed by atoms with E-state index in [2.05, 4.69) is 44.7 Å². The average molecular weight is 469 g/mol. The van der Waals surface area contributed by atoms with Crippen molar-refractivity contribution in [1.29, 1.82) is 0 Å². The fourth-order valence-corrected chi connectivity index (χ4v) is 8.98. The highest BCUT2D eigenvalue weighted by Crippen LogP contribution is 2.51. The number of nitrogens with one attached hydrogen (secondary N) is 2. The van der Waals surface area contributed by atoms with Gasteiger partial charge in [-0.05, 0) is 89.2 Å². The van der Waals surface area contributed by atoms with Crippen molar-refractivity contribution in [3.05, 3.63) is 57.6 Å². The summed E-state index contributed by atoms with van der Waals surface area (Å²) in [7, 11) is 0. The molecule has 0 saturated heterocycles. The van der Waals surface area contributed by atoms with Crippen LogP contribution in [0, 0.1) is 11.8 Å². The Morgan fingerprint density at radius 1 is 0.657 bits per heavy atom. The third-order valence-electron chi connectivity index (χ3n) is 10.4. The molecular weight excluding hydrogens is 428 g/mol. The first-order valence-corrected chi connectivity index (χ1v) is 14.5. The summed E-state index contributed by atoms with van der Waals surface area (Å²) in [5.74, 6) is 3.33. The monoisotopic (exact) mass is 468 g/mol. The molecule has 2 aliphatic carbocycles. The summed E-state index contributed by atoms with van der Waals surface area (Å²) in [6.45, 7) is 9.19. The first-order valence-electron chi connectivity index (χ1n) is 14.5. The largest absolute Gasteiger partial charge is 0.369 e. The molecule has 0 spiro atoms. The van der Waals surface area contributed by atoms with E-state index in [9.17, 15) is 0 Å². The van der Waals surface area contributed by atoms with E-state index in [1.165, 1.54) is 64.7 Å². The molecule has 8 rings (SSSR count). The lowest BCUT2D eigenvalue weighted by Gasteiger charge is -2.39. The van der Waals surface area contributed by atoms with Gasteiger partial charge in [0.25, 0.3) is 0 Å². The fourth-order valence-electron chi connectivity index (χ4n) is 8.98. The quantitative estimate of drug-likeness (QED) is 0.657. The van der Waals surface area contributed by atoms with Crippen LogP contribution in [0.5, 0.6) is 0 Å². The fraction of sp³-hybridized carbons (Fsp3) is 0.613. The third-order valence-corrected chi connectivity index (χ3v) is 10.4. The van der Waals surface area contributed by atoms with Gasteiger partial charge in [-0.15, -0.1) is 0 Å². The first kappa shape index (κ1) is 21.1. The van der Waals surface area contributed by atoms with Crippen molar-refractivity contribution in [1.82, 2.24) is 10.6 Å². The van der Waals surface area contributed by atoms with Crippen LogP contribution in [0.1, 0.15) is 83.7 Å². The Morgan fingerprint density at radius 3 is 1.69 bits per heavy atom. The van der Waals surface area contributed by atoms with Crippen LogP contribution < -0.4 is 20.4 Å². The van der Waals surface area contributed by atoms with Crippen LogP contribution in [0.4, 0.5) is 11.4 Å². The SMILES string of the molecule is c1c(Cc2cc3c4c(c2)[C@H]2CCC[C@H]2CN4CCNC3)cc2c3c1CNCCN3C[C@@H]1CCC[C@H]21. The van der Waals surface area contributed by atoms with Gasteiger partial charge in [0.15, 0.2) is 0 Å². The van der Waals surface area contributed by atoms with Crippen LogP contribution in [0.2, 0.25) is 0 Å². The van der Waals surface area contributed by atoms with Crippen molar-refractivity contribution in [2.45, 2.75) is 69.9 Å². The molecule has 4 aliphatic heterocycles. The molecular formula is C31H40N4. The molecule has 2 aromatic rings. The minimum atomic E-state index is 0.795. The van der Waals surface area contributed by atoms with E-state index in [1.807, 2.05) is 0 Å². The Kier molecular flexibility index (Phi) is 4.97. The summed E-state index contributed by atoms with van der Waals surface area (Å²) >= 11 is 0. The van der Waals surface area contributed by atoms with Crippen LogP contribution in [0.15, 0.2) is 24.3 Å². The number of anilines is 2. The number of fused-ring (bicyclic) bond motifs is 4. The Balaban J connectivity index is 1.21. The summed E-state index contributed by atoms with van der Waals surface area (Å²) in [6.07, 6.45) is 9.56. The number of hydrogen-bond acceptors (Lipinski definition) is 4. The molecule has 2 N–H and O–H groups in total. The van der Waals surface area contributed by atoms with Crippen molar-refractivity contribution >= 4 is 11.4 Å².